The first-order valence-corrected chi connectivity index (χ1v) is 7.59. The number of methoxy groups -OCH3 is 2. The van der Waals surface area contributed by atoms with Gasteiger partial charge in [-0.1, -0.05) is 12.1 Å². The summed E-state index contributed by atoms with van der Waals surface area (Å²) in [6.07, 6.45) is 0.637. The van der Waals surface area contributed by atoms with Gasteiger partial charge in [0.25, 0.3) is 5.91 Å². The van der Waals surface area contributed by atoms with Crippen LogP contribution in [-0.4, -0.2) is 26.7 Å². The fraction of sp³-hybridized carbons (Fsp3) is 0.263. The third-order valence-electron chi connectivity index (χ3n) is 3.80. The van der Waals surface area contributed by atoms with Crippen molar-refractivity contribution < 1.29 is 14.3 Å². The summed E-state index contributed by atoms with van der Waals surface area (Å²) in [6.45, 7) is 2.41. The lowest BCUT2D eigenvalue weighted by Gasteiger charge is -2.14. The van der Waals surface area contributed by atoms with Gasteiger partial charge in [0, 0.05) is 17.7 Å². The summed E-state index contributed by atoms with van der Waals surface area (Å²) in [4.78, 5) is 12.2. The van der Waals surface area contributed by atoms with Crippen LogP contribution in [0.5, 0.6) is 11.5 Å². The van der Waals surface area contributed by atoms with Crippen molar-refractivity contribution in [1.29, 1.82) is 5.26 Å². The van der Waals surface area contributed by atoms with E-state index >= 15 is 0 Å². The molecule has 1 amide bonds. The molecule has 0 saturated carbocycles. The van der Waals surface area contributed by atoms with Crippen LogP contribution >= 0.6 is 0 Å². The summed E-state index contributed by atoms with van der Waals surface area (Å²) in [5.41, 5.74) is 2.88. The first-order chi connectivity index (χ1) is 11.6. The largest absolute Gasteiger partial charge is 0.496 e. The molecule has 0 atom stereocenters. The fourth-order valence-electron chi connectivity index (χ4n) is 2.57. The lowest BCUT2D eigenvalue weighted by molar-refractivity contribution is 0.0954. The molecular weight excluding hydrogens is 304 g/mol. The van der Waals surface area contributed by atoms with Crippen LogP contribution in [0, 0.1) is 18.3 Å². The Morgan fingerprint density at radius 2 is 2.00 bits per heavy atom. The Morgan fingerprint density at radius 3 is 2.67 bits per heavy atom. The Labute approximate surface area is 141 Å². The van der Waals surface area contributed by atoms with E-state index in [1.165, 1.54) is 0 Å². The predicted molar refractivity (Wildman–Crippen MR) is 91.5 cm³/mol. The molecule has 2 aromatic carbocycles. The number of benzene rings is 2. The maximum atomic E-state index is 12.2. The van der Waals surface area contributed by atoms with Crippen LogP contribution in [0.4, 0.5) is 0 Å². The van der Waals surface area contributed by atoms with Crippen molar-refractivity contribution >= 4 is 5.91 Å². The summed E-state index contributed by atoms with van der Waals surface area (Å²) in [6, 6.07) is 12.5. The highest BCUT2D eigenvalue weighted by atomic mass is 16.5. The van der Waals surface area contributed by atoms with Crippen LogP contribution in [-0.2, 0) is 6.42 Å². The molecule has 0 spiro atoms. The van der Waals surface area contributed by atoms with E-state index in [9.17, 15) is 4.79 Å². The Bertz CT molecular complexity index is 779. The number of hydrogen-bond donors (Lipinski definition) is 1. The number of nitrogens with one attached hydrogen (secondary N) is 1. The van der Waals surface area contributed by atoms with Crippen LogP contribution in [0.1, 0.15) is 27.0 Å². The number of carbonyl (C=O) groups excluding carboxylic acids is 1. The minimum atomic E-state index is -0.198. The first-order valence-electron chi connectivity index (χ1n) is 7.59. The van der Waals surface area contributed by atoms with Gasteiger partial charge in [-0.05, 0) is 43.2 Å². The van der Waals surface area contributed by atoms with Crippen molar-refractivity contribution in [3.63, 3.8) is 0 Å². The molecule has 5 heteroatoms. The van der Waals surface area contributed by atoms with Crippen LogP contribution in [0.25, 0.3) is 0 Å². The highest BCUT2D eigenvalue weighted by Crippen LogP contribution is 2.31. The fourth-order valence-corrected chi connectivity index (χ4v) is 2.57. The molecule has 2 rings (SSSR count). The standard InChI is InChI=1S/C19H20N2O3/c1-13-17(23-2)8-7-15(18(13)24-3)9-10-21-19(22)16-6-4-5-14(11-16)12-20/h4-8,11H,9-10H2,1-3H3,(H,21,22). The molecule has 24 heavy (non-hydrogen) atoms. The van der Waals surface area contributed by atoms with Gasteiger partial charge in [-0.25, -0.2) is 0 Å². The number of nitriles is 1. The number of hydrogen-bond acceptors (Lipinski definition) is 4. The molecule has 0 fully saturated rings. The molecule has 0 aliphatic carbocycles. The molecule has 5 nitrogen and oxygen atoms in total. The van der Waals surface area contributed by atoms with Gasteiger partial charge in [0.05, 0.1) is 25.9 Å². The summed E-state index contributed by atoms with van der Waals surface area (Å²) in [5, 5.41) is 11.8. The molecule has 0 unspecified atom stereocenters. The Morgan fingerprint density at radius 1 is 1.21 bits per heavy atom. The summed E-state index contributed by atoms with van der Waals surface area (Å²) >= 11 is 0. The Hall–Kier alpha value is -3.00. The smallest absolute Gasteiger partial charge is 0.251 e. The van der Waals surface area contributed by atoms with Crippen molar-refractivity contribution in [2.45, 2.75) is 13.3 Å². The number of amides is 1. The maximum Gasteiger partial charge on any atom is 0.251 e. The average molecular weight is 324 g/mol. The zero-order valence-electron chi connectivity index (χ0n) is 14.1. The summed E-state index contributed by atoms with van der Waals surface area (Å²) in [5.74, 6) is 1.35. The summed E-state index contributed by atoms with van der Waals surface area (Å²) in [7, 11) is 3.24. The van der Waals surface area contributed by atoms with E-state index in [1.54, 1.807) is 38.5 Å². The van der Waals surface area contributed by atoms with Gasteiger partial charge in [0.15, 0.2) is 0 Å². The summed E-state index contributed by atoms with van der Waals surface area (Å²) < 4.78 is 10.8. The van der Waals surface area contributed by atoms with Crippen molar-refractivity contribution in [2.75, 3.05) is 20.8 Å². The molecule has 0 heterocycles. The van der Waals surface area contributed by atoms with Gasteiger partial charge in [0.2, 0.25) is 0 Å². The molecular formula is C19H20N2O3. The topological polar surface area (TPSA) is 71.3 Å². The molecule has 124 valence electrons. The monoisotopic (exact) mass is 324 g/mol. The minimum Gasteiger partial charge on any atom is -0.496 e. The van der Waals surface area contributed by atoms with E-state index in [-0.39, 0.29) is 5.91 Å². The zero-order chi connectivity index (χ0) is 17.5. The third-order valence-corrected chi connectivity index (χ3v) is 3.80. The SMILES string of the molecule is COc1ccc(CCNC(=O)c2cccc(C#N)c2)c(OC)c1C. The highest BCUT2D eigenvalue weighted by molar-refractivity contribution is 5.94. The molecule has 0 aliphatic heterocycles. The second-order valence-corrected chi connectivity index (χ2v) is 5.28. The van der Waals surface area contributed by atoms with Crippen LogP contribution in [0.3, 0.4) is 0 Å². The Kier molecular flexibility index (Phi) is 5.80. The number of ether oxygens (including phenoxy) is 2. The molecule has 0 bridgehead atoms. The third kappa shape index (κ3) is 3.85. The van der Waals surface area contributed by atoms with Crippen molar-refractivity contribution in [3.05, 3.63) is 58.7 Å². The number of rotatable bonds is 6. The molecule has 2 aromatic rings. The van der Waals surface area contributed by atoms with E-state index < -0.39 is 0 Å². The van der Waals surface area contributed by atoms with Crippen LogP contribution < -0.4 is 14.8 Å². The molecule has 0 saturated heterocycles. The zero-order valence-corrected chi connectivity index (χ0v) is 14.1. The molecule has 0 radical (unpaired) electrons. The van der Waals surface area contributed by atoms with Gasteiger partial charge < -0.3 is 14.8 Å². The maximum absolute atomic E-state index is 12.2. The predicted octanol–water partition coefficient (Wildman–Crippen LogP) is 2.86. The second kappa shape index (κ2) is 8.02. The van der Waals surface area contributed by atoms with E-state index in [4.69, 9.17) is 14.7 Å². The molecule has 1 N–H and O–H groups in total. The lowest BCUT2D eigenvalue weighted by atomic mass is 10.1. The van der Waals surface area contributed by atoms with Gasteiger partial charge >= 0.3 is 0 Å². The van der Waals surface area contributed by atoms with E-state index in [0.717, 1.165) is 22.6 Å². The van der Waals surface area contributed by atoms with Gasteiger partial charge in [0.1, 0.15) is 11.5 Å². The normalized spacial score (nSPS) is 9.92. The number of nitrogens with zero attached hydrogens (tertiary/aromatic N) is 1. The van der Waals surface area contributed by atoms with Gasteiger partial charge in [-0.3, -0.25) is 4.79 Å². The van der Waals surface area contributed by atoms with Crippen LogP contribution in [0.15, 0.2) is 36.4 Å². The van der Waals surface area contributed by atoms with Crippen LogP contribution in [0.2, 0.25) is 0 Å². The van der Waals surface area contributed by atoms with Gasteiger partial charge in [-0.15, -0.1) is 0 Å². The molecule has 0 aliphatic rings. The van der Waals surface area contributed by atoms with Gasteiger partial charge in [-0.2, -0.15) is 5.26 Å². The van der Waals surface area contributed by atoms with E-state index in [0.29, 0.717) is 24.1 Å². The van der Waals surface area contributed by atoms with Crippen molar-refractivity contribution in [2.24, 2.45) is 0 Å². The average Bonchev–Trinajstić information content (AvgIpc) is 2.62. The van der Waals surface area contributed by atoms with E-state index in [1.807, 2.05) is 25.1 Å². The highest BCUT2D eigenvalue weighted by Gasteiger charge is 2.12. The lowest BCUT2D eigenvalue weighted by Crippen LogP contribution is -2.25. The van der Waals surface area contributed by atoms with Crippen molar-refractivity contribution in [3.8, 4) is 17.6 Å². The second-order valence-electron chi connectivity index (χ2n) is 5.28. The molecule has 0 aromatic heterocycles. The number of carbonyl (C=O) groups is 1. The first kappa shape index (κ1) is 17.4. The Balaban J connectivity index is 2.03. The van der Waals surface area contributed by atoms with E-state index in [2.05, 4.69) is 5.32 Å². The van der Waals surface area contributed by atoms with Crippen molar-refractivity contribution in [1.82, 2.24) is 5.32 Å². The minimum absolute atomic E-state index is 0.198. The quantitative estimate of drug-likeness (QED) is 0.887.